The molecule has 0 radical (unpaired) electrons. The fraction of sp³-hybridized carbons (Fsp3) is 0.111. The Hall–Kier alpha value is -2.46. The molecular formula is C18H16O. The molecule has 2 aromatic carbocycles. The smallest absolute Gasteiger partial charge is 0.118 e. The van der Waals surface area contributed by atoms with Gasteiger partial charge in [0.25, 0.3) is 0 Å². The summed E-state index contributed by atoms with van der Waals surface area (Å²) in [5, 5.41) is 0. The molecule has 2 aromatic rings. The molecule has 0 aliphatic heterocycles. The van der Waals surface area contributed by atoms with Crippen molar-refractivity contribution in [2.24, 2.45) is 0 Å². The Bertz CT molecular complexity index is 585. The van der Waals surface area contributed by atoms with Gasteiger partial charge < -0.3 is 4.74 Å². The molecule has 0 heterocycles. The van der Waals surface area contributed by atoms with Crippen molar-refractivity contribution in [1.82, 2.24) is 0 Å². The average Bonchev–Trinajstić information content (AvgIpc) is 2.49. The van der Waals surface area contributed by atoms with Crippen molar-refractivity contribution in [2.75, 3.05) is 7.11 Å². The van der Waals surface area contributed by atoms with Gasteiger partial charge in [-0.2, -0.15) is 0 Å². The van der Waals surface area contributed by atoms with Crippen LogP contribution in [0.15, 0.2) is 67.3 Å². The van der Waals surface area contributed by atoms with Crippen molar-refractivity contribution in [1.29, 1.82) is 0 Å². The Morgan fingerprint density at radius 2 is 1.63 bits per heavy atom. The summed E-state index contributed by atoms with van der Waals surface area (Å²) in [5.74, 6) is 7.10. The van der Waals surface area contributed by atoms with Gasteiger partial charge in [0, 0.05) is 0 Å². The van der Waals surface area contributed by atoms with E-state index in [2.05, 4.69) is 30.6 Å². The first-order valence-corrected chi connectivity index (χ1v) is 6.16. The standard InChI is InChI=1S/C18H16O/c1-3-4-10-18(15-8-6-5-7-9-15)16-11-13-17(19-2)14-12-16/h3,5-9,11-14,18H,1H2,2H3. The SMILES string of the molecule is C=CC#CC(c1ccccc1)c1ccc(OC)cc1. The fourth-order valence-electron chi connectivity index (χ4n) is 1.94. The van der Waals surface area contributed by atoms with Crippen LogP contribution in [0.1, 0.15) is 17.0 Å². The van der Waals surface area contributed by atoms with E-state index in [-0.39, 0.29) is 5.92 Å². The minimum absolute atomic E-state index is 0.0603. The molecular weight excluding hydrogens is 232 g/mol. The molecule has 1 unspecified atom stereocenters. The average molecular weight is 248 g/mol. The summed E-state index contributed by atoms with van der Waals surface area (Å²) in [6.45, 7) is 3.65. The summed E-state index contributed by atoms with van der Waals surface area (Å²) in [7, 11) is 1.67. The fourth-order valence-corrected chi connectivity index (χ4v) is 1.94. The molecule has 0 N–H and O–H groups in total. The predicted molar refractivity (Wildman–Crippen MR) is 79.3 cm³/mol. The molecule has 94 valence electrons. The summed E-state index contributed by atoms with van der Waals surface area (Å²) in [4.78, 5) is 0. The summed E-state index contributed by atoms with van der Waals surface area (Å²) in [5.41, 5.74) is 2.34. The molecule has 0 aliphatic rings. The molecule has 1 nitrogen and oxygen atoms in total. The molecule has 2 rings (SSSR count). The van der Waals surface area contributed by atoms with Crippen LogP contribution in [-0.2, 0) is 0 Å². The third-order valence-corrected chi connectivity index (χ3v) is 2.91. The zero-order valence-electron chi connectivity index (χ0n) is 11.0. The first kappa shape index (κ1) is 13.0. The molecule has 0 spiro atoms. The van der Waals surface area contributed by atoms with E-state index in [1.165, 1.54) is 5.56 Å². The highest BCUT2D eigenvalue weighted by atomic mass is 16.5. The highest BCUT2D eigenvalue weighted by Crippen LogP contribution is 2.25. The quantitative estimate of drug-likeness (QED) is 0.745. The van der Waals surface area contributed by atoms with Gasteiger partial charge in [-0.25, -0.2) is 0 Å². The Morgan fingerprint density at radius 3 is 2.21 bits per heavy atom. The topological polar surface area (TPSA) is 9.23 Å². The molecule has 0 aliphatic carbocycles. The largest absolute Gasteiger partial charge is 0.497 e. The van der Waals surface area contributed by atoms with Crippen LogP contribution in [0.25, 0.3) is 0 Å². The number of rotatable bonds is 3. The van der Waals surface area contributed by atoms with Gasteiger partial charge in [-0.3, -0.25) is 0 Å². The van der Waals surface area contributed by atoms with Gasteiger partial charge >= 0.3 is 0 Å². The maximum absolute atomic E-state index is 5.18. The molecule has 0 aromatic heterocycles. The second-order valence-electron chi connectivity index (χ2n) is 4.11. The molecule has 0 bridgehead atoms. The minimum atomic E-state index is 0.0603. The monoisotopic (exact) mass is 248 g/mol. The molecule has 1 atom stereocenters. The molecule has 19 heavy (non-hydrogen) atoms. The second kappa shape index (κ2) is 6.47. The third kappa shape index (κ3) is 3.26. The van der Waals surface area contributed by atoms with Gasteiger partial charge in [0.05, 0.1) is 13.0 Å². The maximum Gasteiger partial charge on any atom is 0.118 e. The zero-order valence-corrected chi connectivity index (χ0v) is 11.0. The summed E-state index contributed by atoms with van der Waals surface area (Å²) < 4.78 is 5.18. The van der Waals surface area contributed by atoms with Gasteiger partial charge in [-0.05, 0) is 29.3 Å². The Balaban J connectivity index is 2.39. The van der Waals surface area contributed by atoms with Crippen LogP contribution in [0, 0.1) is 11.8 Å². The van der Waals surface area contributed by atoms with Gasteiger partial charge in [-0.1, -0.05) is 60.9 Å². The van der Waals surface area contributed by atoms with Crippen molar-refractivity contribution in [3.8, 4) is 17.6 Å². The third-order valence-electron chi connectivity index (χ3n) is 2.91. The highest BCUT2D eigenvalue weighted by molar-refractivity contribution is 5.42. The first-order chi connectivity index (χ1) is 9.35. The number of methoxy groups -OCH3 is 1. The van der Waals surface area contributed by atoms with E-state index in [4.69, 9.17) is 4.74 Å². The van der Waals surface area contributed by atoms with E-state index in [0.717, 1.165) is 11.3 Å². The van der Waals surface area contributed by atoms with Crippen molar-refractivity contribution in [3.63, 3.8) is 0 Å². The highest BCUT2D eigenvalue weighted by Gasteiger charge is 2.10. The summed E-state index contributed by atoms with van der Waals surface area (Å²) in [6.07, 6.45) is 1.62. The lowest BCUT2D eigenvalue weighted by atomic mass is 9.92. The predicted octanol–water partition coefficient (Wildman–Crippen LogP) is 4.02. The molecule has 0 amide bonds. The Morgan fingerprint density at radius 1 is 1.00 bits per heavy atom. The van der Waals surface area contributed by atoms with E-state index in [9.17, 15) is 0 Å². The number of allylic oxidation sites excluding steroid dienone is 1. The van der Waals surface area contributed by atoms with E-state index >= 15 is 0 Å². The van der Waals surface area contributed by atoms with Crippen molar-refractivity contribution in [3.05, 3.63) is 78.4 Å². The van der Waals surface area contributed by atoms with Crippen LogP contribution in [0.5, 0.6) is 5.75 Å². The van der Waals surface area contributed by atoms with Crippen LogP contribution in [0.2, 0.25) is 0 Å². The number of hydrogen-bond donors (Lipinski definition) is 0. The summed E-state index contributed by atoms with van der Waals surface area (Å²) >= 11 is 0. The van der Waals surface area contributed by atoms with E-state index < -0.39 is 0 Å². The zero-order chi connectivity index (χ0) is 13.5. The first-order valence-electron chi connectivity index (χ1n) is 6.16. The van der Waals surface area contributed by atoms with E-state index in [0.29, 0.717) is 0 Å². The second-order valence-corrected chi connectivity index (χ2v) is 4.11. The van der Waals surface area contributed by atoms with Crippen LogP contribution >= 0.6 is 0 Å². The normalized spacial score (nSPS) is 11.0. The lowest BCUT2D eigenvalue weighted by Gasteiger charge is -2.12. The van der Waals surface area contributed by atoms with Crippen molar-refractivity contribution >= 4 is 0 Å². The van der Waals surface area contributed by atoms with Crippen LogP contribution in [-0.4, -0.2) is 7.11 Å². The van der Waals surface area contributed by atoms with Crippen LogP contribution in [0.3, 0.4) is 0 Å². The number of hydrogen-bond acceptors (Lipinski definition) is 1. The van der Waals surface area contributed by atoms with Gasteiger partial charge in [0.15, 0.2) is 0 Å². The molecule has 0 saturated heterocycles. The molecule has 0 saturated carbocycles. The molecule has 0 fully saturated rings. The van der Waals surface area contributed by atoms with Crippen LogP contribution < -0.4 is 4.74 Å². The minimum Gasteiger partial charge on any atom is -0.497 e. The van der Waals surface area contributed by atoms with Crippen molar-refractivity contribution < 1.29 is 4.74 Å². The number of benzene rings is 2. The van der Waals surface area contributed by atoms with Crippen LogP contribution in [0.4, 0.5) is 0 Å². The Kier molecular flexibility index (Phi) is 4.42. The van der Waals surface area contributed by atoms with Gasteiger partial charge in [0.1, 0.15) is 5.75 Å². The lowest BCUT2D eigenvalue weighted by Crippen LogP contribution is -1.98. The molecule has 1 heteroatoms. The number of ether oxygens (including phenoxy) is 1. The summed E-state index contributed by atoms with van der Waals surface area (Å²) in [6, 6.07) is 18.3. The Labute approximate surface area is 114 Å². The van der Waals surface area contributed by atoms with Gasteiger partial charge in [0.2, 0.25) is 0 Å². The van der Waals surface area contributed by atoms with E-state index in [1.54, 1.807) is 13.2 Å². The van der Waals surface area contributed by atoms with Crippen molar-refractivity contribution in [2.45, 2.75) is 5.92 Å². The maximum atomic E-state index is 5.18. The van der Waals surface area contributed by atoms with E-state index in [1.807, 2.05) is 42.5 Å². The van der Waals surface area contributed by atoms with Gasteiger partial charge in [-0.15, -0.1) is 0 Å². The lowest BCUT2D eigenvalue weighted by molar-refractivity contribution is 0.414.